The fraction of sp³-hybridized carbons (Fsp3) is 0.323. The van der Waals surface area contributed by atoms with E-state index in [-0.39, 0.29) is 24.1 Å². The van der Waals surface area contributed by atoms with Crippen molar-refractivity contribution in [1.82, 2.24) is 19.9 Å². The minimum absolute atomic E-state index is 0.188. The zero-order valence-corrected chi connectivity index (χ0v) is 26.7. The summed E-state index contributed by atoms with van der Waals surface area (Å²) < 4.78 is 32.0. The number of benzene rings is 1. The first-order valence-electron chi connectivity index (χ1n) is 13.9. The van der Waals surface area contributed by atoms with Gasteiger partial charge in [-0.05, 0) is 52.0 Å². The number of carboxylic acid groups (broad SMARTS) is 1. The van der Waals surface area contributed by atoms with Crippen LogP contribution in [-0.4, -0.2) is 67.7 Å². The van der Waals surface area contributed by atoms with Crippen LogP contribution < -0.4 is 19.1 Å². The van der Waals surface area contributed by atoms with Gasteiger partial charge in [0.25, 0.3) is 5.88 Å². The van der Waals surface area contributed by atoms with Crippen molar-refractivity contribution in [2.24, 2.45) is 0 Å². The Balaban J connectivity index is 1.38. The van der Waals surface area contributed by atoms with E-state index in [0.29, 0.717) is 43.6 Å². The van der Waals surface area contributed by atoms with E-state index >= 15 is 4.39 Å². The van der Waals surface area contributed by atoms with Gasteiger partial charge in [-0.1, -0.05) is 22.9 Å². The predicted octanol–water partition coefficient (Wildman–Crippen LogP) is 6.98. The maximum absolute atomic E-state index is 15.3. The average molecular weight is 656 g/mol. The number of anilines is 1. The Bertz CT molecular complexity index is 1870. The van der Waals surface area contributed by atoms with E-state index in [9.17, 15) is 15.0 Å². The van der Waals surface area contributed by atoms with Gasteiger partial charge in [-0.2, -0.15) is 4.98 Å². The summed E-state index contributed by atoms with van der Waals surface area (Å²) in [6.07, 6.45) is 1.31. The standard InChI is InChI=1S/C31H31ClFN5O6S/c1-16(38(30(39)40)20-6-8-34-25(13-20)43-9-7-31(3,4)41)17(2)44-27-23(33)14-24-29(37-27)45-28(36-24)22-12-19(32)10-18-11-21(42-5)15-35-26(18)22/h6,8,10-17,41H,7,9H2,1-5H3,(H,39,40)/t16-,17+/m1/s1. The molecule has 0 aliphatic carbocycles. The van der Waals surface area contributed by atoms with Crippen molar-refractivity contribution in [3.8, 4) is 28.1 Å². The largest absolute Gasteiger partial charge is 0.495 e. The zero-order chi connectivity index (χ0) is 32.5. The quantitative estimate of drug-likeness (QED) is 0.153. The number of ether oxygens (including phenoxy) is 3. The number of amides is 1. The lowest BCUT2D eigenvalue weighted by Gasteiger charge is -2.31. The van der Waals surface area contributed by atoms with E-state index in [1.54, 1.807) is 53.1 Å². The van der Waals surface area contributed by atoms with Crippen molar-refractivity contribution in [2.45, 2.75) is 51.9 Å². The van der Waals surface area contributed by atoms with Crippen LogP contribution in [0.1, 0.15) is 34.1 Å². The summed E-state index contributed by atoms with van der Waals surface area (Å²) >= 11 is 7.61. The summed E-state index contributed by atoms with van der Waals surface area (Å²) in [5.74, 6) is -0.253. The van der Waals surface area contributed by atoms with Crippen LogP contribution >= 0.6 is 22.9 Å². The van der Waals surface area contributed by atoms with Crippen LogP contribution in [0.5, 0.6) is 17.5 Å². The number of hydrogen-bond acceptors (Lipinski definition) is 10. The number of aromatic nitrogens is 4. The molecule has 4 aromatic heterocycles. The number of methoxy groups -OCH3 is 1. The molecule has 0 radical (unpaired) electrons. The summed E-state index contributed by atoms with van der Waals surface area (Å²) in [5.41, 5.74) is 0.993. The van der Waals surface area contributed by atoms with Crippen LogP contribution in [0.3, 0.4) is 0 Å². The van der Waals surface area contributed by atoms with Gasteiger partial charge in [0.15, 0.2) is 5.82 Å². The number of fused-ring (bicyclic) bond motifs is 2. The lowest BCUT2D eigenvalue weighted by molar-refractivity contribution is 0.0547. The molecule has 1 amide bonds. The number of pyridine rings is 3. The van der Waals surface area contributed by atoms with E-state index in [4.69, 9.17) is 25.8 Å². The van der Waals surface area contributed by atoms with Gasteiger partial charge in [-0.3, -0.25) is 9.88 Å². The average Bonchev–Trinajstić information content (AvgIpc) is 3.38. The smallest absolute Gasteiger partial charge is 0.412 e. The van der Waals surface area contributed by atoms with E-state index in [0.717, 1.165) is 10.3 Å². The summed E-state index contributed by atoms with van der Waals surface area (Å²) in [4.78, 5) is 31.5. The van der Waals surface area contributed by atoms with Crippen molar-refractivity contribution in [2.75, 3.05) is 18.6 Å². The third-order valence-electron chi connectivity index (χ3n) is 7.04. The second-order valence-electron chi connectivity index (χ2n) is 11.0. The molecular weight excluding hydrogens is 625 g/mol. The van der Waals surface area contributed by atoms with Crippen molar-refractivity contribution >= 4 is 56.0 Å². The second kappa shape index (κ2) is 13.0. The first-order valence-corrected chi connectivity index (χ1v) is 15.1. The Hall–Kier alpha value is -4.33. The highest BCUT2D eigenvalue weighted by Crippen LogP contribution is 2.37. The normalized spacial score (nSPS) is 13.1. The SMILES string of the molecule is COc1cnc2c(-c3nc4cc(F)c(O[C@@H](C)[C@@H](C)N(C(=O)O)c5ccnc(OCCC(C)(C)O)c5)nc4s3)cc(Cl)cc2c1. The third-order valence-corrected chi connectivity index (χ3v) is 8.26. The van der Waals surface area contributed by atoms with Gasteiger partial charge < -0.3 is 24.4 Å². The molecule has 1 aromatic carbocycles. The third kappa shape index (κ3) is 7.32. The Morgan fingerprint density at radius 3 is 2.64 bits per heavy atom. The van der Waals surface area contributed by atoms with Gasteiger partial charge in [-0.25, -0.2) is 19.2 Å². The van der Waals surface area contributed by atoms with Crippen molar-refractivity contribution in [3.63, 3.8) is 0 Å². The number of halogens is 2. The van der Waals surface area contributed by atoms with Crippen LogP contribution in [0.2, 0.25) is 5.02 Å². The maximum atomic E-state index is 15.3. The first kappa shape index (κ1) is 32.1. The molecule has 5 rings (SSSR count). The number of rotatable bonds is 11. The van der Waals surface area contributed by atoms with Gasteiger partial charge in [0.2, 0.25) is 5.88 Å². The fourth-order valence-corrected chi connectivity index (χ4v) is 5.69. The minimum Gasteiger partial charge on any atom is -0.495 e. The Morgan fingerprint density at radius 1 is 1.16 bits per heavy atom. The Morgan fingerprint density at radius 2 is 1.93 bits per heavy atom. The minimum atomic E-state index is -1.25. The summed E-state index contributed by atoms with van der Waals surface area (Å²) in [6, 6.07) is 8.78. The monoisotopic (exact) mass is 655 g/mol. The van der Waals surface area contributed by atoms with Gasteiger partial charge >= 0.3 is 6.09 Å². The molecule has 45 heavy (non-hydrogen) atoms. The number of thiazole rings is 1. The first-order chi connectivity index (χ1) is 21.3. The Labute approximate surface area is 267 Å². The number of hydrogen-bond donors (Lipinski definition) is 2. The highest BCUT2D eigenvalue weighted by atomic mass is 35.5. The van der Waals surface area contributed by atoms with Gasteiger partial charge in [0.05, 0.1) is 42.8 Å². The van der Waals surface area contributed by atoms with E-state index in [1.165, 1.54) is 35.7 Å². The molecule has 0 saturated heterocycles. The highest BCUT2D eigenvalue weighted by Gasteiger charge is 2.29. The van der Waals surface area contributed by atoms with Crippen LogP contribution in [-0.2, 0) is 0 Å². The number of aliphatic hydroxyl groups is 1. The molecule has 4 heterocycles. The summed E-state index contributed by atoms with van der Waals surface area (Å²) in [6.45, 7) is 6.78. The topological polar surface area (TPSA) is 140 Å². The van der Waals surface area contributed by atoms with Crippen LogP contribution in [0.4, 0.5) is 14.9 Å². The van der Waals surface area contributed by atoms with Crippen molar-refractivity contribution in [1.29, 1.82) is 0 Å². The molecule has 11 nitrogen and oxygen atoms in total. The van der Waals surface area contributed by atoms with Crippen LogP contribution in [0.15, 0.2) is 48.8 Å². The van der Waals surface area contributed by atoms with E-state index in [1.807, 2.05) is 6.07 Å². The Kier molecular flexibility index (Phi) is 9.23. The molecule has 0 bridgehead atoms. The number of carbonyl (C=O) groups is 1. The molecule has 0 fully saturated rings. The van der Waals surface area contributed by atoms with Gasteiger partial charge in [0, 0.05) is 40.7 Å². The lowest BCUT2D eigenvalue weighted by Crippen LogP contribution is -2.46. The molecule has 0 aliphatic rings. The fourth-order valence-electron chi connectivity index (χ4n) is 4.53. The van der Waals surface area contributed by atoms with E-state index < -0.39 is 29.7 Å². The lowest BCUT2D eigenvalue weighted by atomic mass is 10.1. The predicted molar refractivity (Wildman–Crippen MR) is 170 cm³/mol. The molecule has 0 saturated carbocycles. The number of nitrogens with zero attached hydrogens (tertiary/aromatic N) is 5. The van der Waals surface area contributed by atoms with Crippen LogP contribution in [0.25, 0.3) is 31.8 Å². The molecule has 0 spiro atoms. The second-order valence-corrected chi connectivity index (χ2v) is 12.4. The molecular formula is C31H31ClFN5O6S. The summed E-state index contributed by atoms with van der Waals surface area (Å²) in [5, 5.41) is 21.8. The molecule has 0 aliphatic heterocycles. The highest BCUT2D eigenvalue weighted by molar-refractivity contribution is 7.21. The summed E-state index contributed by atoms with van der Waals surface area (Å²) in [7, 11) is 1.55. The molecule has 14 heteroatoms. The molecule has 2 atom stereocenters. The van der Waals surface area contributed by atoms with Crippen molar-refractivity contribution in [3.05, 3.63) is 59.6 Å². The molecule has 5 aromatic rings. The molecule has 0 unspecified atom stereocenters. The van der Waals surface area contributed by atoms with Crippen LogP contribution in [0, 0.1) is 5.82 Å². The van der Waals surface area contributed by atoms with E-state index in [2.05, 4.69) is 19.9 Å². The molecule has 2 N–H and O–H groups in total. The zero-order valence-electron chi connectivity index (χ0n) is 25.1. The maximum Gasteiger partial charge on any atom is 0.412 e. The molecule has 236 valence electrons. The van der Waals surface area contributed by atoms with Gasteiger partial charge in [0.1, 0.15) is 27.2 Å². The van der Waals surface area contributed by atoms with Crippen molar-refractivity contribution < 1.29 is 33.6 Å². The van der Waals surface area contributed by atoms with Gasteiger partial charge in [-0.15, -0.1) is 0 Å².